The summed E-state index contributed by atoms with van der Waals surface area (Å²) in [4.78, 5) is 0. The van der Waals surface area contributed by atoms with Crippen LogP contribution in [0.2, 0.25) is 0 Å². The molecule has 0 aliphatic carbocycles. The van der Waals surface area contributed by atoms with E-state index in [1.165, 1.54) is 0 Å². The smallest absolute Gasteiger partial charge is 2.00 e. The van der Waals surface area contributed by atoms with Crippen molar-refractivity contribution >= 4 is 0 Å². The first-order valence-corrected chi connectivity index (χ1v) is 0. The van der Waals surface area contributed by atoms with Gasteiger partial charge in [-0.25, -0.2) is 0 Å². The summed E-state index contributed by atoms with van der Waals surface area (Å²) in [7, 11) is 0. The van der Waals surface area contributed by atoms with E-state index in [9.17, 15) is 0 Å². The Labute approximate surface area is 1120 Å². The normalized spacial score (nSPS) is 0. The van der Waals surface area contributed by atoms with E-state index in [2.05, 4.69) is 0 Å². The van der Waals surface area contributed by atoms with Gasteiger partial charge in [0.1, 0.15) is 0 Å². The molecular weight excluding hydrogens is 2710 g/mol. The molecule has 0 saturated heterocycles. The molecule has 0 aliphatic rings. The molecule has 0 unspecified atom stereocenters. The maximum Gasteiger partial charge on any atom is 4.00 e. The molecule has 0 spiro atoms. The van der Waals surface area contributed by atoms with E-state index in [1.54, 1.807) is 0 Å². The van der Waals surface area contributed by atoms with Gasteiger partial charge >= 0.3 is 869 Å². The molecule has 0 heterocycles. The Morgan fingerprint density at radius 1 is 0.0222 bits per heavy atom. The molecule has 0 rings (SSSR count). The summed E-state index contributed by atoms with van der Waals surface area (Å²) in [5, 5.41) is 0. The van der Waals surface area contributed by atoms with Crippen LogP contribution in [0.15, 0.2) is 0 Å². The van der Waals surface area contributed by atoms with Gasteiger partial charge in [0.2, 0.25) is 0 Å². The van der Waals surface area contributed by atoms with E-state index >= 15 is 0 Å². The molecule has 0 radical (unpaired) electrons. The van der Waals surface area contributed by atoms with E-state index in [-0.39, 0.29) is 1140 Å². The SMILES string of the molecule is [O-2].[O-2].[O-2].[O-2].[O-2].[O-2].[O-2].[O-2].[O-2].[O-2].[O-2].[O-2].[O-2].[O-2].[O-2].[O-2].[O-2].[O-2].[O-2].[O-2].[O-2].[O-2].[O-2].[O-2].[O-2].[O-2].[O-2].[O-2].[O-2].[O-2].[O-2].[O-2].[O-2].[O-2].[O-2].[O-2].[O-2].[O-2].[O-2].[O-2].[O-2].[O-2].[O-2].[O-2].[O-2].[O-2].[O-2].[O-2].[O-2].[O-2].[Ti+4].[Ti+4].[Ti+4].[Ti+4].[Ti+4].[Ti+4].[Ti+4].[Ti+4].[Ti+4].[Ti+4].[Ti+4].[Ti+4].[Ti+4].[Ti+4].[Ti+4].[Ti+4].[Ti+4].[Ti+4].[Ti+4].[Ti+4].[Ti+4].[Ti+4].[Ti+4].[Ti+4].[Ti+4].[Ti+4].[Ti+4].[Ti+4].[Ti+4].[Ti+4].[Ti+4].[Ti+4].[Ti+4].[Ti+4].[Ti+4].[Ti+4].[Ti+4].[Ti+4].[Ti+4].[Ti+4]. The number of hydrogen-bond acceptors (Lipinski definition) is 0. The number of hydrogen-bond donors (Lipinski definition) is 0. The fourth-order valence-electron chi connectivity index (χ4n) is 0. The summed E-state index contributed by atoms with van der Waals surface area (Å²) in [6.07, 6.45) is 0. The average molecular weight is 2710 g/mol. The van der Waals surface area contributed by atoms with Crippen molar-refractivity contribution in [3.63, 3.8) is 0 Å². The minimum atomic E-state index is 0. The van der Waals surface area contributed by atoms with E-state index < -0.39 is 0 Å². The Bertz CT molecular complexity index is 89.2. The largest absolute Gasteiger partial charge is 4.00 e. The van der Waals surface area contributed by atoms with Crippen molar-refractivity contribution in [3.05, 3.63) is 0 Å². The monoisotopic (exact) mass is 2720 g/mol. The van der Waals surface area contributed by atoms with Crippen molar-refractivity contribution in [3.8, 4) is 0 Å². The van der Waals surface area contributed by atoms with Gasteiger partial charge in [-0.1, -0.05) is 0 Å². The molecule has 0 bridgehead atoms. The number of rotatable bonds is 0. The van der Waals surface area contributed by atoms with E-state index in [0.29, 0.717) is 0 Å². The first kappa shape index (κ1) is 2210. The van der Waals surface area contributed by atoms with Crippen LogP contribution >= 0.6 is 0 Å². The molecule has 90 heavy (non-hydrogen) atoms. The Kier molecular flexibility index (Phi) is 52600. The van der Waals surface area contributed by atoms with Gasteiger partial charge < -0.3 is 274 Å². The summed E-state index contributed by atoms with van der Waals surface area (Å²) < 4.78 is 0. The van der Waals surface area contributed by atoms with Crippen LogP contribution in [0.4, 0.5) is 0 Å². The fourth-order valence-corrected chi connectivity index (χ4v) is 0. The molecule has 0 aromatic carbocycles. The van der Waals surface area contributed by atoms with Gasteiger partial charge in [0.15, 0.2) is 0 Å². The quantitative estimate of drug-likeness (QED) is 0.205. The molecular formula is O50Ti40+60. The van der Waals surface area contributed by atoms with E-state index in [4.69, 9.17) is 0 Å². The van der Waals surface area contributed by atoms with Gasteiger partial charge in [-0.05, 0) is 0 Å². The van der Waals surface area contributed by atoms with Crippen LogP contribution in [-0.2, 0) is 1140 Å². The van der Waals surface area contributed by atoms with Crippen molar-refractivity contribution in [1.82, 2.24) is 0 Å². The fraction of sp³-hybridized carbons (Fsp3) is 0. The van der Waals surface area contributed by atoms with Gasteiger partial charge in [-0.15, -0.1) is 0 Å². The molecule has 0 aromatic rings. The van der Waals surface area contributed by atoms with Crippen LogP contribution in [0.1, 0.15) is 0 Å². The molecule has 0 atom stereocenters. The third-order valence-electron chi connectivity index (χ3n) is 0. The summed E-state index contributed by atoms with van der Waals surface area (Å²) in [5.41, 5.74) is 0. The van der Waals surface area contributed by atoms with Crippen LogP contribution < -0.4 is 0 Å². The Morgan fingerprint density at radius 2 is 0.0222 bits per heavy atom. The molecule has 400 valence electrons. The van der Waals surface area contributed by atoms with Gasteiger partial charge in [0.05, 0.1) is 0 Å². The molecule has 0 amide bonds. The zero-order valence-corrected chi connectivity index (χ0v) is 103. The molecule has 0 N–H and O–H groups in total. The minimum absolute atomic E-state index is 0. The van der Waals surface area contributed by atoms with E-state index in [0.717, 1.165) is 0 Å². The van der Waals surface area contributed by atoms with Crippen LogP contribution in [0, 0.1) is 0 Å². The van der Waals surface area contributed by atoms with Crippen molar-refractivity contribution in [2.75, 3.05) is 0 Å². The Morgan fingerprint density at radius 3 is 0.0222 bits per heavy atom. The summed E-state index contributed by atoms with van der Waals surface area (Å²) in [6.45, 7) is 0. The predicted molar refractivity (Wildman–Crippen MR) is 34.3 cm³/mol. The molecule has 0 aromatic heterocycles. The van der Waals surface area contributed by atoms with Crippen LogP contribution in [-0.4, -0.2) is 0 Å². The summed E-state index contributed by atoms with van der Waals surface area (Å²) in [6, 6.07) is 0. The third kappa shape index (κ3) is 2090. The maximum atomic E-state index is 0. The van der Waals surface area contributed by atoms with Gasteiger partial charge in [0, 0.05) is 0 Å². The zero-order valence-electron chi connectivity index (χ0n) is 40.4. The average Bonchev–Trinajstić information content (AvgIpc) is 0. The second-order valence-electron chi connectivity index (χ2n) is 0. The first-order chi connectivity index (χ1) is 0. The summed E-state index contributed by atoms with van der Waals surface area (Å²) >= 11 is 0. The van der Waals surface area contributed by atoms with E-state index in [1.807, 2.05) is 0 Å². The van der Waals surface area contributed by atoms with Crippen LogP contribution in [0.25, 0.3) is 0 Å². The standard InChI is InChI=1S/50O.40Ti/q50*-2;40*+4. The maximum absolute atomic E-state index is 0. The predicted octanol–water partition coefficient (Wildman–Crippen LogP) is -6.04. The van der Waals surface area contributed by atoms with Crippen LogP contribution in [0.3, 0.4) is 0 Å². The summed E-state index contributed by atoms with van der Waals surface area (Å²) in [5.74, 6) is 0. The van der Waals surface area contributed by atoms with Gasteiger partial charge in [-0.2, -0.15) is 0 Å². The molecule has 0 fully saturated rings. The van der Waals surface area contributed by atoms with Crippen molar-refractivity contribution in [2.24, 2.45) is 0 Å². The first-order valence-electron chi connectivity index (χ1n) is 0. The minimum Gasteiger partial charge on any atom is -2.00 e. The molecule has 90 heteroatoms. The van der Waals surface area contributed by atoms with Gasteiger partial charge in [-0.3, -0.25) is 0 Å². The molecule has 0 saturated carbocycles. The zero-order chi connectivity index (χ0) is 0. The molecule has 50 nitrogen and oxygen atoms in total. The topological polar surface area (TPSA) is 1420 Å². The third-order valence-corrected chi connectivity index (χ3v) is 0. The second-order valence-corrected chi connectivity index (χ2v) is 0. The van der Waals surface area contributed by atoms with Crippen LogP contribution in [0.5, 0.6) is 0 Å². The Hall–Kier alpha value is 26.6. The van der Waals surface area contributed by atoms with Crippen molar-refractivity contribution in [2.45, 2.75) is 0 Å². The molecule has 0 aliphatic heterocycles. The Balaban J connectivity index is 0. The van der Waals surface area contributed by atoms with Crippen molar-refractivity contribution < 1.29 is 1140 Å². The second kappa shape index (κ2) is 2150. The van der Waals surface area contributed by atoms with Gasteiger partial charge in [0.25, 0.3) is 0 Å². The van der Waals surface area contributed by atoms with Crippen molar-refractivity contribution in [1.29, 1.82) is 0 Å².